The van der Waals surface area contributed by atoms with E-state index < -0.39 is 0 Å². The fourth-order valence-electron chi connectivity index (χ4n) is 2.66. The minimum absolute atomic E-state index is 0.296. The highest BCUT2D eigenvalue weighted by Crippen LogP contribution is 2.10. The van der Waals surface area contributed by atoms with Gasteiger partial charge in [0.2, 0.25) is 0 Å². The van der Waals surface area contributed by atoms with Crippen molar-refractivity contribution in [1.82, 2.24) is 9.13 Å². The van der Waals surface area contributed by atoms with Crippen molar-refractivity contribution >= 4 is 17.9 Å². The van der Waals surface area contributed by atoms with Crippen molar-refractivity contribution in [3.05, 3.63) is 0 Å². The molecule has 0 rings (SSSR count). The van der Waals surface area contributed by atoms with Gasteiger partial charge in [0.05, 0.1) is 0 Å². The van der Waals surface area contributed by atoms with Gasteiger partial charge in [0.15, 0.2) is 0 Å². The predicted molar refractivity (Wildman–Crippen MR) is 92.4 cm³/mol. The summed E-state index contributed by atoms with van der Waals surface area (Å²) < 4.78 is 5.60. The van der Waals surface area contributed by atoms with E-state index in [4.69, 9.17) is 0 Å². The molecular formula is C15H36N2Si2. The largest absolute Gasteiger partial charge is 0.325 e. The zero-order chi connectivity index (χ0) is 14.7. The Morgan fingerprint density at radius 3 is 1.05 bits per heavy atom. The summed E-state index contributed by atoms with van der Waals surface area (Å²) >= 11 is 0. The minimum atomic E-state index is -0.296. The van der Waals surface area contributed by atoms with Crippen LogP contribution in [0.3, 0.4) is 0 Å². The summed E-state index contributed by atoms with van der Waals surface area (Å²) in [5, 5.41) is 0. The SMILES string of the molecule is CCCN(CCC)[Si](C)C[Si](C)N(CCC)CCC. The quantitative estimate of drug-likeness (QED) is 0.502. The van der Waals surface area contributed by atoms with Gasteiger partial charge >= 0.3 is 0 Å². The molecule has 0 aliphatic heterocycles. The Hall–Kier alpha value is 0.354. The summed E-state index contributed by atoms with van der Waals surface area (Å²) in [5.41, 5.74) is 1.51. The van der Waals surface area contributed by atoms with Crippen molar-refractivity contribution in [2.45, 2.75) is 72.1 Å². The van der Waals surface area contributed by atoms with Crippen molar-refractivity contribution in [2.75, 3.05) is 26.2 Å². The molecule has 0 aromatic heterocycles. The molecule has 0 amide bonds. The number of hydrogen-bond acceptors (Lipinski definition) is 2. The van der Waals surface area contributed by atoms with E-state index in [0.29, 0.717) is 0 Å². The van der Waals surface area contributed by atoms with Gasteiger partial charge in [0.25, 0.3) is 0 Å². The van der Waals surface area contributed by atoms with Crippen molar-refractivity contribution in [3.63, 3.8) is 0 Å². The van der Waals surface area contributed by atoms with Crippen LogP contribution in [0.25, 0.3) is 0 Å². The molecule has 0 bridgehead atoms. The van der Waals surface area contributed by atoms with Gasteiger partial charge in [0.1, 0.15) is 17.9 Å². The van der Waals surface area contributed by atoms with Crippen LogP contribution in [-0.2, 0) is 0 Å². The van der Waals surface area contributed by atoms with Crippen LogP contribution in [0.1, 0.15) is 53.4 Å². The van der Waals surface area contributed by atoms with Crippen LogP contribution >= 0.6 is 0 Å². The maximum atomic E-state index is 2.80. The Bertz CT molecular complexity index is 171. The molecule has 0 aliphatic carbocycles. The summed E-state index contributed by atoms with van der Waals surface area (Å²) in [6, 6.07) is 0. The molecule has 0 saturated carbocycles. The van der Waals surface area contributed by atoms with E-state index in [9.17, 15) is 0 Å². The van der Waals surface area contributed by atoms with Gasteiger partial charge in [-0.05, 0) is 57.5 Å². The van der Waals surface area contributed by atoms with E-state index >= 15 is 0 Å². The highest BCUT2D eigenvalue weighted by Gasteiger charge is 2.22. The lowest BCUT2D eigenvalue weighted by Crippen LogP contribution is -2.46. The van der Waals surface area contributed by atoms with E-state index in [0.717, 1.165) is 0 Å². The van der Waals surface area contributed by atoms with Gasteiger partial charge < -0.3 is 9.13 Å². The van der Waals surface area contributed by atoms with Crippen LogP contribution in [0.4, 0.5) is 0 Å². The molecule has 0 aromatic rings. The lowest BCUT2D eigenvalue weighted by atomic mass is 10.4. The van der Waals surface area contributed by atoms with Crippen LogP contribution in [-0.4, -0.2) is 53.2 Å². The Kier molecular flexibility index (Phi) is 12.3. The average molecular weight is 301 g/mol. The first-order valence-corrected chi connectivity index (χ1v) is 12.6. The molecule has 0 atom stereocenters. The second kappa shape index (κ2) is 12.1. The highest BCUT2D eigenvalue weighted by molar-refractivity contribution is 6.73. The monoisotopic (exact) mass is 300 g/mol. The lowest BCUT2D eigenvalue weighted by Gasteiger charge is -2.33. The van der Waals surface area contributed by atoms with Crippen LogP contribution in [0, 0.1) is 0 Å². The summed E-state index contributed by atoms with van der Waals surface area (Å²) in [4.78, 5) is 0. The fourth-order valence-corrected chi connectivity index (χ4v) is 9.83. The Morgan fingerprint density at radius 2 is 0.842 bits per heavy atom. The molecular weight excluding hydrogens is 264 g/mol. The molecule has 0 N–H and O–H groups in total. The fraction of sp³-hybridized carbons (Fsp3) is 1.00. The van der Waals surface area contributed by atoms with Crippen molar-refractivity contribution in [3.8, 4) is 0 Å². The molecule has 0 unspecified atom stereocenters. The topological polar surface area (TPSA) is 6.48 Å². The molecule has 4 heteroatoms. The third kappa shape index (κ3) is 8.28. The van der Waals surface area contributed by atoms with E-state index in [1.807, 2.05) is 0 Å². The van der Waals surface area contributed by atoms with Gasteiger partial charge in [0, 0.05) is 0 Å². The van der Waals surface area contributed by atoms with Crippen LogP contribution in [0.5, 0.6) is 0 Å². The summed E-state index contributed by atoms with van der Waals surface area (Å²) in [7, 11) is -0.592. The zero-order valence-corrected chi connectivity index (χ0v) is 16.3. The first kappa shape index (κ1) is 19.4. The molecule has 0 fully saturated rings. The van der Waals surface area contributed by atoms with E-state index in [1.54, 1.807) is 0 Å². The van der Waals surface area contributed by atoms with Crippen molar-refractivity contribution in [1.29, 1.82) is 0 Å². The van der Waals surface area contributed by atoms with Crippen molar-refractivity contribution < 1.29 is 0 Å². The highest BCUT2D eigenvalue weighted by atomic mass is 28.3. The third-order valence-electron chi connectivity index (χ3n) is 3.57. The maximum Gasteiger partial charge on any atom is 0.131 e. The number of hydrogen-bond donors (Lipinski definition) is 0. The minimum Gasteiger partial charge on any atom is -0.325 e. The van der Waals surface area contributed by atoms with E-state index in [1.165, 1.54) is 57.5 Å². The standard InChI is InChI=1S/C15H36N2Si2/c1-7-11-16(12-8-2)18(5)15-19(6)17(13-9-3)14-10-4/h7-15H2,1-6H3. The van der Waals surface area contributed by atoms with Crippen LogP contribution in [0.15, 0.2) is 0 Å². The molecule has 114 valence electrons. The zero-order valence-electron chi connectivity index (χ0n) is 14.3. The molecule has 0 aliphatic rings. The normalized spacial score (nSPS) is 12.3. The molecule has 19 heavy (non-hydrogen) atoms. The van der Waals surface area contributed by atoms with Crippen molar-refractivity contribution in [2.24, 2.45) is 0 Å². The lowest BCUT2D eigenvalue weighted by molar-refractivity contribution is 0.421. The van der Waals surface area contributed by atoms with Crippen LogP contribution < -0.4 is 0 Å². The number of rotatable bonds is 12. The van der Waals surface area contributed by atoms with Gasteiger partial charge in [-0.15, -0.1) is 0 Å². The second-order valence-electron chi connectivity index (χ2n) is 5.62. The maximum absolute atomic E-state index is 2.80. The molecule has 0 heterocycles. The van der Waals surface area contributed by atoms with Gasteiger partial charge in [-0.25, -0.2) is 0 Å². The Labute approximate surface area is 125 Å². The molecule has 0 aromatic carbocycles. The van der Waals surface area contributed by atoms with E-state index in [-0.39, 0.29) is 17.9 Å². The van der Waals surface area contributed by atoms with E-state index in [2.05, 4.69) is 49.9 Å². The summed E-state index contributed by atoms with van der Waals surface area (Å²) in [6.45, 7) is 19.6. The molecule has 2 radical (unpaired) electrons. The predicted octanol–water partition coefficient (Wildman–Crippen LogP) is 4.01. The Balaban J connectivity index is 4.34. The third-order valence-corrected chi connectivity index (χ3v) is 10.7. The second-order valence-corrected chi connectivity index (χ2v) is 11.2. The van der Waals surface area contributed by atoms with Gasteiger partial charge in [-0.3, -0.25) is 0 Å². The molecule has 0 saturated heterocycles. The first-order valence-electron chi connectivity index (χ1n) is 8.25. The average Bonchev–Trinajstić information content (AvgIpc) is 2.38. The number of nitrogens with zero attached hydrogens (tertiary/aromatic N) is 2. The smallest absolute Gasteiger partial charge is 0.131 e. The van der Waals surface area contributed by atoms with Crippen LogP contribution in [0.2, 0.25) is 18.8 Å². The van der Waals surface area contributed by atoms with Gasteiger partial charge in [-0.2, -0.15) is 0 Å². The first-order chi connectivity index (χ1) is 9.10. The summed E-state index contributed by atoms with van der Waals surface area (Å²) in [5.74, 6) is 0. The van der Waals surface area contributed by atoms with Gasteiger partial charge in [-0.1, -0.05) is 40.8 Å². The Morgan fingerprint density at radius 1 is 0.579 bits per heavy atom. The summed E-state index contributed by atoms with van der Waals surface area (Å²) in [6.07, 6.45) is 5.23. The molecule has 2 nitrogen and oxygen atoms in total. The molecule has 0 spiro atoms.